The summed E-state index contributed by atoms with van der Waals surface area (Å²) in [6, 6.07) is 8.67. The third-order valence-electron chi connectivity index (χ3n) is 3.98. The molecule has 0 aliphatic rings. The summed E-state index contributed by atoms with van der Waals surface area (Å²) < 4.78 is 45.4. The summed E-state index contributed by atoms with van der Waals surface area (Å²) in [5, 5.41) is 10.6. The molecule has 0 unspecified atom stereocenters. The van der Waals surface area contributed by atoms with Crippen molar-refractivity contribution < 1.29 is 17.7 Å². The highest BCUT2D eigenvalue weighted by molar-refractivity contribution is 5.72. The van der Waals surface area contributed by atoms with Crippen molar-refractivity contribution in [2.45, 2.75) is 20.0 Å². The van der Waals surface area contributed by atoms with Crippen LogP contribution in [0.1, 0.15) is 17.2 Å². The van der Waals surface area contributed by atoms with Gasteiger partial charge < -0.3 is 4.52 Å². The van der Waals surface area contributed by atoms with Crippen LogP contribution in [-0.4, -0.2) is 24.7 Å². The molecule has 0 radical (unpaired) electrons. The average molecular weight is 359 g/mol. The van der Waals surface area contributed by atoms with Gasteiger partial charge in [0.05, 0.1) is 0 Å². The number of fused-ring (bicyclic) bond motifs is 1. The normalized spacial score (nSPS) is 12.0. The number of benzene rings is 1. The number of aromatic nitrogens is 5. The Balaban J connectivity index is 1.85. The molecular formula is C17H12F3N5O. The lowest BCUT2D eigenvalue weighted by Gasteiger charge is -2.08. The predicted octanol–water partition coefficient (Wildman–Crippen LogP) is 4.08. The van der Waals surface area contributed by atoms with Gasteiger partial charge in [-0.3, -0.25) is 4.40 Å². The van der Waals surface area contributed by atoms with Crippen molar-refractivity contribution in [2.24, 2.45) is 0 Å². The molecule has 26 heavy (non-hydrogen) atoms. The van der Waals surface area contributed by atoms with Crippen molar-refractivity contribution in [2.75, 3.05) is 0 Å². The van der Waals surface area contributed by atoms with Crippen molar-refractivity contribution in [1.82, 2.24) is 24.7 Å². The summed E-state index contributed by atoms with van der Waals surface area (Å²) in [7, 11) is 0. The van der Waals surface area contributed by atoms with Crippen LogP contribution in [0, 0.1) is 13.8 Å². The summed E-state index contributed by atoms with van der Waals surface area (Å²) in [5.41, 5.74) is 3.06. The number of rotatable bonds is 2. The minimum absolute atomic E-state index is 0.126. The Morgan fingerprint density at radius 1 is 1.00 bits per heavy atom. The number of nitrogens with zero attached hydrogens (tertiary/aromatic N) is 5. The number of hydrogen-bond donors (Lipinski definition) is 0. The van der Waals surface area contributed by atoms with Gasteiger partial charge in [-0.2, -0.15) is 18.2 Å². The average Bonchev–Trinajstić information content (AvgIpc) is 3.20. The van der Waals surface area contributed by atoms with Gasteiger partial charge in [0.25, 0.3) is 5.89 Å². The quantitative estimate of drug-likeness (QED) is 0.539. The van der Waals surface area contributed by atoms with Gasteiger partial charge in [-0.25, -0.2) is 0 Å². The van der Waals surface area contributed by atoms with E-state index in [9.17, 15) is 13.2 Å². The fourth-order valence-electron chi connectivity index (χ4n) is 2.69. The van der Waals surface area contributed by atoms with Crippen LogP contribution >= 0.6 is 0 Å². The zero-order chi connectivity index (χ0) is 18.5. The fraction of sp³-hybridized carbons (Fsp3) is 0.176. The van der Waals surface area contributed by atoms with Crippen LogP contribution in [-0.2, 0) is 6.18 Å². The van der Waals surface area contributed by atoms with Crippen LogP contribution in [0.15, 0.2) is 41.1 Å². The van der Waals surface area contributed by atoms with Crippen molar-refractivity contribution in [1.29, 1.82) is 0 Å². The largest absolute Gasteiger partial charge is 0.452 e. The van der Waals surface area contributed by atoms with E-state index >= 15 is 0 Å². The van der Waals surface area contributed by atoms with Crippen LogP contribution < -0.4 is 0 Å². The molecule has 132 valence electrons. The zero-order valence-electron chi connectivity index (χ0n) is 13.7. The molecule has 0 spiro atoms. The first-order chi connectivity index (χ1) is 12.3. The molecule has 0 amide bonds. The van der Waals surface area contributed by atoms with E-state index in [4.69, 9.17) is 4.52 Å². The summed E-state index contributed by atoms with van der Waals surface area (Å²) in [6.45, 7) is 3.61. The Bertz CT molecular complexity index is 1110. The lowest BCUT2D eigenvalue weighted by Crippen LogP contribution is -2.10. The summed E-state index contributed by atoms with van der Waals surface area (Å²) in [5.74, 6) is -0.192. The standard InChI is InChI=1S/C17H12F3N5O/c1-9-3-4-11(7-13(9)15-21-10(2)24-26-15)12-5-6-14-22-23-16(17(18,19)20)25(14)8-12/h3-8H,1-2H3. The van der Waals surface area contributed by atoms with Crippen molar-refractivity contribution in [3.8, 4) is 22.6 Å². The monoisotopic (exact) mass is 359 g/mol. The van der Waals surface area contributed by atoms with Crippen LogP contribution in [0.3, 0.4) is 0 Å². The minimum atomic E-state index is -4.59. The number of alkyl halides is 3. The molecular weight excluding hydrogens is 347 g/mol. The lowest BCUT2D eigenvalue weighted by atomic mass is 10.0. The van der Waals surface area contributed by atoms with E-state index in [2.05, 4.69) is 20.3 Å². The van der Waals surface area contributed by atoms with Crippen LogP contribution in [0.2, 0.25) is 0 Å². The highest BCUT2D eigenvalue weighted by Gasteiger charge is 2.36. The molecule has 3 heterocycles. The van der Waals surface area contributed by atoms with Gasteiger partial charge >= 0.3 is 6.18 Å². The second-order valence-electron chi connectivity index (χ2n) is 5.84. The number of hydrogen-bond acceptors (Lipinski definition) is 5. The Morgan fingerprint density at radius 3 is 2.46 bits per heavy atom. The topological polar surface area (TPSA) is 69.1 Å². The first kappa shape index (κ1) is 16.2. The van der Waals surface area contributed by atoms with Gasteiger partial charge in [0.1, 0.15) is 0 Å². The molecule has 0 aliphatic carbocycles. The van der Waals surface area contributed by atoms with Gasteiger partial charge in [-0.05, 0) is 48.7 Å². The third kappa shape index (κ3) is 2.71. The van der Waals surface area contributed by atoms with E-state index in [1.165, 1.54) is 12.3 Å². The molecule has 0 bridgehead atoms. The molecule has 6 nitrogen and oxygen atoms in total. The highest BCUT2D eigenvalue weighted by atomic mass is 19.4. The molecule has 4 rings (SSSR count). The molecule has 0 atom stereocenters. The molecule has 0 aliphatic heterocycles. The maximum absolute atomic E-state index is 13.1. The molecule has 4 aromatic rings. The fourth-order valence-corrected chi connectivity index (χ4v) is 2.69. The summed E-state index contributed by atoms with van der Waals surface area (Å²) in [4.78, 5) is 4.21. The van der Waals surface area contributed by atoms with Crippen LogP contribution in [0.4, 0.5) is 13.2 Å². The second kappa shape index (κ2) is 5.65. The minimum Gasteiger partial charge on any atom is -0.334 e. The predicted molar refractivity (Wildman–Crippen MR) is 86.2 cm³/mol. The van der Waals surface area contributed by atoms with Crippen molar-refractivity contribution in [3.05, 3.63) is 53.7 Å². The van der Waals surface area contributed by atoms with Gasteiger partial charge in [0.2, 0.25) is 5.82 Å². The van der Waals surface area contributed by atoms with E-state index in [-0.39, 0.29) is 5.65 Å². The molecule has 9 heteroatoms. The Hall–Kier alpha value is -3.23. The van der Waals surface area contributed by atoms with E-state index in [1.54, 1.807) is 19.1 Å². The SMILES string of the molecule is Cc1noc(-c2cc(-c3ccc4nnc(C(F)(F)F)n4c3)ccc2C)n1. The van der Waals surface area contributed by atoms with Crippen molar-refractivity contribution >= 4 is 5.65 Å². The second-order valence-corrected chi connectivity index (χ2v) is 5.84. The van der Waals surface area contributed by atoms with Crippen LogP contribution in [0.25, 0.3) is 28.2 Å². The number of aryl methyl sites for hydroxylation is 2. The summed E-state index contributed by atoms with van der Waals surface area (Å²) >= 11 is 0. The maximum Gasteiger partial charge on any atom is 0.452 e. The number of halogens is 3. The Morgan fingerprint density at radius 2 is 1.77 bits per heavy atom. The first-order valence-electron chi connectivity index (χ1n) is 7.66. The molecule has 3 aromatic heterocycles. The molecule has 0 fully saturated rings. The Kier molecular flexibility index (Phi) is 3.53. The van der Waals surface area contributed by atoms with Gasteiger partial charge in [-0.1, -0.05) is 17.3 Å². The maximum atomic E-state index is 13.1. The van der Waals surface area contributed by atoms with Gasteiger partial charge in [-0.15, -0.1) is 10.2 Å². The van der Waals surface area contributed by atoms with E-state index in [0.29, 0.717) is 22.8 Å². The molecule has 0 saturated heterocycles. The van der Waals surface area contributed by atoms with Gasteiger partial charge in [0.15, 0.2) is 11.5 Å². The van der Waals surface area contributed by atoms with E-state index in [0.717, 1.165) is 15.5 Å². The van der Waals surface area contributed by atoms with Crippen LogP contribution in [0.5, 0.6) is 0 Å². The zero-order valence-corrected chi connectivity index (χ0v) is 13.7. The lowest BCUT2D eigenvalue weighted by molar-refractivity contribution is -0.145. The highest BCUT2D eigenvalue weighted by Crippen LogP contribution is 2.31. The van der Waals surface area contributed by atoms with E-state index < -0.39 is 12.0 Å². The molecule has 0 N–H and O–H groups in total. The van der Waals surface area contributed by atoms with Crippen molar-refractivity contribution in [3.63, 3.8) is 0 Å². The van der Waals surface area contributed by atoms with Gasteiger partial charge in [0, 0.05) is 11.8 Å². The molecule has 1 aromatic carbocycles. The third-order valence-corrected chi connectivity index (χ3v) is 3.98. The smallest absolute Gasteiger partial charge is 0.334 e. The Labute approximate surface area is 145 Å². The number of pyridine rings is 1. The summed E-state index contributed by atoms with van der Waals surface area (Å²) in [6.07, 6.45) is -3.22. The molecule has 0 saturated carbocycles. The van der Waals surface area contributed by atoms with E-state index in [1.807, 2.05) is 19.1 Å². The first-order valence-corrected chi connectivity index (χ1v) is 7.66.